The Morgan fingerprint density at radius 2 is 1.00 bits per heavy atom. The normalized spacial score (nSPS) is 11.2. The largest absolute Gasteiger partial charge is 0.309 e. The number of anilines is 3. The van der Waals surface area contributed by atoms with Crippen molar-refractivity contribution in [3.05, 3.63) is 107 Å². The number of para-hydroxylation sites is 2. The van der Waals surface area contributed by atoms with Crippen LogP contribution in [0.5, 0.6) is 0 Å². The first-order valence-corrected chi connectivity index (χ1v) is 10.7. The molecular formula is C29H26N2. The first kappa shape index (κ1) is 19.3. The van der Waals surface area contributed by atoms with Crippen LogP contribution in [0.2, 0.25) is 0 Å². The summed E-state index contributed by atoms with van der Waals surface area (Å²) in [6.45, 7) is 8.66. The summed E-state index contributed by atoms with van der Waals surface area (Å²) < 4.78 is 0. The van der Waals surface area contributed by atoms with Crippen molar-refractivity contribution in [3.63, 3.8) is 0 Å². The van der Waals surface area contributed by atoms with Crippen LogP contribution in [0.4, 0.5) is 17.1 Å². The number of nitrogens with zero attached hydrogens (tertiary/aromatic N) is 2. The van der Waals surface area contributed by atoms with Gasteiger partial charge in [0.2, 0.25) is 0 Å². The van der Waals surface area contributed by atoms with Crippen molar-refractivity contribution in [2.75, 3.05) is 4.90 Å². The molecule has 31 heavy (non-hydrogen) atoms. The Labute approximate surface area is 183 Å². The van der Waals surface area contributed by atoms with E-state index in [1.165, 1.54) is 50.1 Å². The van der Waals surface area contributed by atoms with Crippen molar-refractivity contribution in [2.24, 2.45) is 0 Å². The molecule has 4 aromatic carbocycles. The lowest BCUT2D eigenvalue weighted by Crippen LogP contribution is -2.14. The molecule has 1 heterocycles. The fraction of sp³-hybridized carbons (Fsp3) is 0.138. The van der Waals surface area contributed by atoms with Gasteiger partial charge in [-0.3, -0.25) is 0 Å². The van der Waals surface area contributed by atoms with Gasteiger partial charge in [-0.1, -0.05) is 59.7 Å². The summed E-state index contributed by atoms with van der Waals surface area (Å²) in [5.41, 5.74) is 10.5. The number of pyridine rings is 1. The van der Waals surface area contributed by atoms with Crippen molar-refractivity contribution in [1.82, 2.24) is 4.98 Å². The SMILES string of the molecule is Cc1ccc2nc3ccc(C)cc3c(N(c3ccccc3C)c3ccccc3C)c2c1. The number of hydrogen-bond donors (Lipinski definition) is 0. The molecule has 0 N–H and O–H groups in total. The predicted molar refractivity (Wildman–Crippen MR) is 133 cm³/mol. The maximum Gasteiger partial charge on any atom is 0.0731 e. The van der Waals surface area contributed by atoms with Crippen LogP contribution in [-0.4, -0.2) is 4.98 Å². The fourth-order valence-electron chi connectivity index (χ4n) is 4.39. The molecule has 2 heteroatoms. The van der Waals surface area contributed by atoms with Gasteiger partial charge in [-0.05, 0) is 75.2 Å². The Hall–Kier alpha value is -3.65. The molecule has 0 bridgehead atoms. The molecule has 152 valence electrons. The minimum atomic E-state index is 1.02. The summed E-state index contributed by atoms with van der Waals surface area (Å²) in [7, 11) is 0. The lowest BCUT2D eigenvalue weighted by atomic mass is 10.0. The topological polar surface area (TPSA) is 16.1 Å². The molecule has 0 spiro atoms. The molecular weight excluding hydrogens is 376 g/mol. The predicted octanol–water partition coefficient (Wildman–Crippen LogP) is 8.09. The number of aromatic nitrogens is 1. The summed E-state index contributed by atoms with van der Waals surface area (Å²) in [5.74, 6) is 0. The monoisotopic (exact) mass is 402 g/mol. The van der Waals surface area contributed by atoms with Crippen LogP contribution in [0.3, 0.4) is 0 Å². The van der Waals surface area contributed by atoms with Gasteiger partial charge in [0.05, 0.1) is 16.7 Å². The van der Waals surface area contributed by atoms with E-state index in [2.05, 4.69) is 118 Å². The average molecular weight is 403 g/mol. The fourth-order valence-corrected chi connectivity index (χ4v) is 4.39. The summed E-state index contributed by atoms with van der Waals surface area (Å²) in [6, 6.07) is 30.3. The van der Waals surface area contributed by atoms with Gasteiger partial charge in [0.15, 0.2) is 0 Å². The summed E-state index contributed by atoms with van der Waals surface area (Å²) in [5, 5.41) is 2.34. The third-order valence-electron chi connectivity index (χ3n) is 5.99. The van der Waals surface area contributed by atoms with E-state index in [1.807, 2.05) is 0 Å². The molecule has 5 aromatic rings. The van der Waals surface area contributed by atoms with E-state index in [0.717, 1.165) is 11.0 Å². The molecule has 0 amide bonds. The first-order valence-electron chi connectivity index (χ1n) is 10.7. The van der Waals surface area contributed by atoms with Crippen LogP contribution in [0.1, 0.15) is 22.3 Å². The summed E-state index contributed by atoms with van der Waals surface area (Å²) >= 11 is 0. The van der Waals surface area contributed by atoms with Gasteiger partial charge in [-0.25, -0.2) is 4.98 Å². The molecule has 1 aromatic heterocycles. The maximum absolute atomic E-state index is 5.01. The number of benzene rings is 4. The second-order valence-corrected chi connectivity index (χ2v) is 8.41. The van der Waals surface area contributed by atoms with Gasteiger partial charge in [0.1, 0.15) is 0 Å². The van der Waals surface area contributed by atoms with Crippen LogP contribution in [0.15, 0.2) is 84.9 Å². The minimum Gasteiger partial charge on any atom is -0.309 e. The molecule has 0 fully saturated rings. The molecule has 0 aliphatic carbocycles. The zero-order valence-corrected chi connectivity index (χ0v) is 18.5. The van der Waals surface area contributed by atoms with E-state index in [1.54, 1.807) is 0 Å². The Balaban J connectivity index is 1.99. The number of rotatable bonds is 3. The Bertz CT molecular complexity index is 1330. The highest BCUT2D eigenvalue weighted by Gasteiger charge is 2.22. The molecule has 0 atom stereocenters. The Morgan fingerprint density at radius 1 is 0.548 bits per heavy atom. The van der Waals surface area contributed by atoms with Crippen LogP contribution in [0.25, 0.3) is 21.8 Å². The minimum absolute atomic E-state index is 1.02. The lowest BCUT2D eigenvalue weighted by Gasteiger charge is -2.30. The Kier molecular flexibility index (Phi) is 4.71. The molecule has 0 saturated heterocycles. The second kappa shape index (κ2) is 7.55. The molecule has 0 radical (unpaired) electrons. The van der Waals surface area contributed by atoms with E-state index in [4.69, 9.17) is 4.98 Å². The molecule has 2 nitrogen and oxygen atoms in total. The van der Waals surface area contributed by atoms with Gasteiger partial charge < -0.3 is 4.90 Å². The zero-order chi connectivity index (χ0) is 21.5. The molecule has 0 aliphatic rings. The zero-order valence-electron chi connectivity index (χ0n) is 18.5. The summed E-state index contributed by atoms with van der Waals surface area (Å²) in [4.78, 5) is 7.43. The maximum atomic E-state index is 5.01. The van der Waals surface area contributed by atoms with E-state index in [-0.39, 0.29) is 0 Å². The second-order valence-electron chi connectivity index (χ2n) is 8.41. The van der Waals surface area contributed by atoms with Crippen LogP contribution < -0.4 is 4.90 Å². The van der Waals surface area contributed by atoms with Crippen molar-refractivity contribution in [3.8, 4) is 0 Å². The number of fused-ring (bicyclic) bond motifs is 2. The van der Waals surface area contributed by atoms with Crippen LogP contribution >= 0.6 is 0 Å². The van der Waals surface area contributed by atoms with E-state index >= 15 is 0 Å². The molecule has 0 aliphatic heterocycles. The van der Waals surface area contributed by atoms with Crippen molar-refractivity contribution in [1.29, 1.82) is 0 Å². The van der Waals surface area contributed by atoms with Crippen molar-refractivity contribution < 1.29 is 0 Å². The van der Waals surface area contributed by atoms with Gasteiger partial charge in [-0.15, -0.1) is 0 Å². The van der Waals surface area contributed by atoms with Gasteiger partial charge in [0.25, 0.3) is 0 Å². The van der Waals surface area contributed by atoms with Gasteiger partial charge in [0, 0.05) is 22.1 Å². The van der Waals surface area contributed by atoms with Crippen molar-refractivity contribution in [2.45, 2.75) is 27.7 Å². The lowest BCUT2D eigenvalue weighted by molar-refractivity contribution is 1.24. The highest BCUT2D eigenvalue weighted by atomic mass is 15.2. The third kappa shape index (κ3) is 3.34. The average Bonchev–Trinajstić information content (AvgIpc) is 2.76. The highest BCUT2D eigenvalue weighted by Crippen LogP contribution is 2.45. The number of aryl methyl sites for hydroxylation is 4. The molecule has 5 rings (SSSR count). The standard InChI is InChI=1S/C29H26N2/c1-19-13-15-25-23(17-19)29(24-18-20(2)14-16-26(24)30-25)31(27-11-7-5-9-21(27)3)28-12-8-6-10-22(28)4/h5-18H,1-4H3. The van der Waals surface area contributed by atoms with Crippen molar-refractivity contribution >= 4 is 38.9 Å². The van der Waals surface area contributed by atoms with Gasteiger partial charge >= 0.3 is 0 Å². The first-order chi connectivity index (χ1) is 15.0. The quantitative estimate of drug-likeness (QED) is 0.283. The Morgan fingerprint density at radius 3 is 1.45 bits per heavy atom. The number of hydrogen-bond acceptors (Lipinski definition) is 2. The van der Waals surface area contributed by atoms with Gasteiger partial charge in [-0.2, -0.15) is 0 Å². The highest BCUT2D eigenvalue weighted by molar-refractivity contribution is 6.11. The van der Waals surface area contributed by atoms with E-state index < -0.39 is 0 Å². The third-order valence-corrected chi connectivity index (χ3v) is 5.99. The molecule has 0 saturated carbocycles. The van der Waals surface area contributed by atoms with Crippen LogP contribution in [0, 0.1) is 27.7 Å². The summed E-state index contributed by atoms with van der Waals surface area (Å²) in [6.07, 6.45) is 0. The van der Waals surface area contributed by atoms with E-state index in [9.17, 15) is 0 Å². The smallest absolute Gasteiger partial charge is 0.0731 e. The van der Waals surface area contributed by atoms with Crippen LogP contribution in [-0.2, 0) is 0 Å². The molecule has 0 unspecified atom stereocenters. The van der Waals surface area contributed by atoms with E-state index in [0.29, 0.717) is 0 Å².